The molecule has 73 valence electrons. The van der Waals surface area contributed by atoms with Crippen LogP contribution in [0.25, 0.3) is 0 Å². The Labute approximate surface area is 82.7 Å². The fourth-order valence-corrected chi connectivity index (χ4v) is 1.62. The zero-order valence-corrected chi connectivity index (χ0v) is 8.60. The van der Waals surface area contributed by atoms with Crippen LogP contribution in [0.2, 0.25) is 0 Å². The molecule has 0 spiro atoms. The summed E-state index contributed by atoms with van der Waals surface area (Å²) in [5, 5.41) is 0. The Morgan fingerprint density at radius 1 is 0.692 bits per heavy atom. The maximum Gasteiger partial charge on any atom is -0.0276 e. The van der Waals surface area contributed by atoms with E-state index < -0.39 is 0 Å². The zero-order chi connectivity index (χ0) is 9.19. The van der Waals surface area contributed by atoms with Gasteiger partial charge < -0.3 is 0 Å². The van der Waals surface area contributed by atoms with Gasteiger partial charge in [-0.1, -0.05) is 31.1 Å². The second-order valence-electron chi connectivity index (χ2n) is 3.76. The molecule has 0 atom stereocenters. The summed E-state index contributed by atoms with van der Waals surface area (Å²) in [7, 11) is 0. The van der Waals surface area contributed by atoms with Crippen molar-refractivity contribution < 1.29 is 0 Å². The van der Waals surface area contributed by atoms with Gasteiger partial charge in [0, 0.05) is 0 Å². The lowest BCUT2D eigenvalue weighted by Gasteiger charge is -1.95. The van der Waals surface area contributed by atoms with Crippen LogP contribution < -0.4 is 0 Å². The van der Waals surface area contributed by atoms with Crippen LogP contribution in [0.5, 0.6) is 0 Å². The minimum absolute atomic E-state index is 1.14. The molecule has 0 bridgehead atoms. The van der Waals surface area contributed by atoms with E-state index in [4.69, 9.17) is 0 Å². The molecule has 0 N–H and O–H groups in total. The van der Waals surface area contributed by atoms with Crippen LogP contribution in [0.4, 0.5) is 0 Å². The highest BCUT2D eigenvalue weighted by atomic mass is 14.0. The summed E-state index contributed by atoms with van der Waals surface area (Å²) in [6.07, 6.45) is 22.0. The van der Waals surface area contributed by atoms with E-state index in [1.165, 1.54) is 51.4 Å². The van der Waals surface area contributed by atoms with Crippen LogP contribution in [0.3, 0.4) is 0 Å². The fourth-order valence-electron chi connectivity index (χ4n) is 1.62. The summed E-state index contributed by atoms with van der Waals surface area (Å²) in [4.78, 5) is 0. The molecule has 1 aliphatic carbocycles. The van der Waals surface area contributed by atoms with E-state index in [2.05, 4.69) is 24.3 Å². The first-order chi connectivity index (χ1) is 6.50. The Kier molecular flexibility index (Phi) is 6.58. The minimum atomic E-state index is 1.14. The van der Waals surface area contributed by atoms with Crippen molar-refractivity contribution in [2.45, 2.75) is 57.8 Å². The van der Waals surface area contributed by atoms with Crippen LogP contribution in [-0.2, 0) is 0 Å². The summed E-state index contributed by atoms with van der Waals surface area (Å²) >= 11 is 0. The molecule has 1 rings (SSSR count). The molecule has 0 aromatic heterocycles. The van der Waals surface area contributed by atoms with Gasteiger partial charge in [0.05, 0.1) is 0 Å². The Hall–Kier alpha value is -0.520. The van der Waals surface area contributed by atoms with Crippen molar-refractivity contribution in [3.05, 3.63) is 24.3 Å². The summed E-state index contributed by atoms with van der Waals surface area (Å²) in [6, 6.07) is 0. The summed E-state index contributed by atoms with van der Waals surface area (Å²) in [6.45, 7) is 0. The maximum absolute atomic E-state index is 3.36. The van der Waals surface area contributed by atoms with E-state index in [9.17, 15) is 0 Å². The van der Waals surface area contributed by atoms with Crippen LogP contribution >= 0.6 is 0 Å². The molecule has 0 saturated carbocycles. The van der Waals surface area contributed by atoms with Gasteiger partial charge in [0.15, 0.2) is 0 Å². The highest BCUT2D eigenvalue weighted by Gasteiger charge is 1.89. The van der Waals surface area contributed by atoms with E-state index in [0.717, 1.165) is 6.42 Å². The predicted molar refractivity (Wildman–Crippen MR) is 58.5 cm³/mol. The molecule has 0 fully saturated rings. The Morgan fingerprint density at radius 3 is 2.23 bits per heavy atom. The van der Waals surface area contributed by atoms with Gasteiger partial charge in [0.1, 0.15) is 0 Å². The molecular weight excluding hydrogens is 156 g/mol. The topological polar surface area (TPSA) is 0 Å². The molecule has 0 saturated heterocycles. The Bertz CT molecular complexity index is 135. The number of allylic oxidation sites excluding steroid dienone is 4. The molecular formula is C13H21. The van der Waals surface area contributed by atoms with Gasteiger partial charge >= 0.3 is 0 Å². The van der Waals surface area contributed by atoms with Crippen molar-refractivity contribution in [3.8, 4) is 0 Å². The van der Waals surface area contributed by atoms with E-state index in [0.29, 0.717) is 0 Å². The first-order valence-corrected chi connectivity index (χ1v) is 5.70. The highest BCUT2D eigenvalue weighted by Crippen LogP contribution is 2.08. The monoisotopic (exact) mass is 177 g/mol. The van der Waals surface area contributed by atoms with Gasteiger partial charge in [0.25, 0.3) is 0 Å². The third-order valence-electron chi connectivity index (χ3n) is 2.47. The fraction of sp³-hybridized carbons (Fsp3) is 0.692. The van der Waals surface area contributed by atoms with E-state index in [1.54, 1.807) is 0 Å². The molecule has 0 nitrogen and oxygen atoms in total. The van der Waals surface area contributed by atoms with Crippen molar-refractivity contribution >= 4 is 0 Å². The lowest BCUT2D eigenvalue weighted by atomic mass is 10.1. The summed E-state index contributed by atoms with van der Waals surface area (Å²) in [5.41, 5.74) is 0. The van der Waals surface area contributed by atoms with Gasteiger partial charge in [-0.05, 0) is 51.0 Å². The molecule has 0 aromatic rings. The van der Waals surface area contributed by atoms with Gasteiger partial charge in [-0.25, -0.2) is 0 Å². The molecule has 13 heavy (non-hydrogen) atoms. The SMILES string of the molecule is [C]1=C/CCCCCC/C=C\CCC/1. The molecule has 0 aromatic carbocycles. The number of hydrogen-bond acceptors (Lipinski definition) is 0. The molecule has 0 heterocycles. The smallest absolute Gasteiger partial charge is 0.0276 e. The third kappa shape index (κ3) is 6.62. The third-order valence-corrected chi connectivity index (χ3v) is 2.47. The van der Waals surface area contributed by atoms with Crippen LogP contribution in [0, 0.1) is 6.08 Å². The van der Waals surface area contributed by atoms with Crippen LogP contribution in [0.1, 0.15) is 57.8 Å². The van der Waals surface area contributed by atoms with Crippen molar-refractivity contribution in [2.75, 3.05) is 0 Å². The zero-order valence-electron chi connectivity index (χ0n) is 8.60. The molecule has 0 amide bonds. The second kappa shape index (κ2) is 8.10. The lowest BCUT2D eigenvalue weighted by molar-refractivity contribution is 0.652. The maximum atomic E-state index is 3.36. The van der Waals surface area contributed by atoms with E-state index >= 15 is 0 Å². The number of rotatable bonds is 0. The largest absolute Gasteiger partial charge is 0.0885 e. The van der Waals surface area contributed by atoms with E-state index in [-0.39, 0.29) is 0 Å². The predicted octanol–water partition coefficient (Wildman–Crippen LogP) is 4.43. The molecule has 1 radical (unpaired) electrons. The van der Waals surface area contributed by atoms with E-state index in [1.807, 2.05) is 0 Å². The van der Waals surface area contributed by atoms with Crippen molar-refractivity contribution in [2.24, 2.45) is 0 Å². The van der Waals surface area contributed by atoms with Gasteiger partial charge in [-0.2, -0.15) is 0 Å². The Morgan fingerprint density at radius 2 is 1.38 bits per heavy atom. The van der Waals surface area contributed by atoms with Gasteiger partial charge in [0.2, 0.25) is 0 Å². The molecule has 0 heteroatoms. The van der Waals surface area contributed by atoms with Gasteiger partial charge in [-0.15, -0.1) is 0 Å². The van der Waals surface area contributed by atoms with Crippen molar-refractivity contribution in [1.29, 1.82) is 0 Å². The normalized spacial score (nSPS) is 26.5. The minimum Gasteiger partial charge on any atom is -0.0885 e. The molecule has 0 aliphatic heterocycles. The summed E-state index contributed by atoms with van der Waals surface area (Å²) in [5.74, 6) is 0. The average Bonchev–Trinajstić information content (AvgIpc) is 2.18. The quantitative estimate of drug-likeness (QED) is 0.480. The second-order valence-corrected chi connectivity index (χ2v) is 3.76. The molecule has 0 unspecified atom stereocenters. The highest BCUT2D eigenvalue weighted by molar-refractivity contribution is 4.83. The molecule has 1 aliphatic rings. The number of hydrogen-bond donors (Lipinski definition) is 0. The van der Waals surface area contributed by atoms with Gasteiger partial charge in [-0.3, -0.25) is 0 Å². The van der Waals surface area contributed by atoms with Crippen molar-refractivity contribution in [1.82, 2.24) is 0 Å². The lowest BCUT2D eigenvalue weighted by Crippen LogP contribution is -1.76. The van der Waals surface area contributed by atoms with Crippen molar-refractivity contribution in [3.63, 3.8) is 0 Å². The standard InChI is InChI=1S/C13H21/c1-2-4-6-8-10-12-13-11-9-7-5-3-1/h1-2,12H,3-9,11,13H2/b2-1-,12-10?. The first-order valence-electron chi connectivity index (χ1n) is 5.70. The van der Waals surface area contributed by atoms with Crippen LogP contribution in [-0.4, -0.2) is 0 Å². The average molecular weight is 177 g/mol. The first kappa shape index (κ1) is 10.6. The Balaban J connectivity index is 2.18. The van der Waals surface area contributed by atoms with Crippen LogP contribution in [0.15, 0.2) is 18.2 Å². The summed E-state index contributed by atoms with van der Waals surface area (Å²) < 4.78 is 0.